The first kappa shape index (κ1) is 29.1. The van der Waals surface area contributed by atoms with Crippen molar-refractivity contribution in [1.29, 1.82) is 0 Å². The van der Waals surface area contributed by atoms with Gasteiger partial charge in [0.2, 0.25) is 11.6 Å². The Morgan fingerprint density at radius 2 is 1.80 bits per heavy atom. The number of benzene rings is 2. The Balaban J connectivity index is 1.20. The number of unbranched alkanes of at least 4 members (excludes halogenated alkanes) is 2. The van der Waals surface area contributed by atoms with E-state index >= 15 is 0 Å². The highest BCUT2D eigenvalue weighted by molar-refractivity contribution is 5.93. The molecular weight excluding hydrogens is 512 g/mol. The van der Waals surface area contributed by atoms with E-state index in [2.05, 4.69) is 4.90 Å². The van der Waals surface area contributed by atoms with Crippen molar-refractivity contribution < 1.29 is 34.0 Å². The summed E-state index contributed by atoms with van der Waals surface area (Å²) in [6.07, 6.45) is 5.15. The van der Waals surface area contributed by atoms with Crippen molar-refractivity contribution in [3.63, 3.8) is 0 Å². The maximum atomic E-state index is 13.0. The first-order chi connectivity index (χ1) is 19.4. The summed E-state index contributed by atoms with van der Waals surface area (Å²) >= 11 is 0. The fraction of sp³-hybridized carbons (Fsp3) is 0.452. The molecule has 1 unspecified atom stereocenters. The van der Waals surface area contributed by atoms with Crippen LogP contribution in [0.4, 0.5) is 0 Å². The zero-order chi connectivity index (χ0) is 28.5. The molecule has 9 heteroatoms. The normalized spacial score (nSPS) is 15.5. The van der Waals surface area contributed by atoms with E-state index in [1.54, 1.807) is 45.4 Å². The molecule has 1 atom stereocenters. The number of likely N-dealkylation sites (tertiary alicyclic amines) is 1. The summed E-state index contributed by atoms with van der Waals surface area (Å²) in [6, 6.07) is 13.9. The van der Waals surface area contributed by atoms with E-state index in [4.69, 9.17) is 18.9 Å². The molecule has 0 amide bonds. The Hall–Kier alpha value is -3.85. The van der Waals surface area contributed by atoms with E-state index < -0.39 is 5.97 Å². The number of para-hydroxylation sites is 2. The average Bonchev–Trinajstić information content (AvgIpc) is 3.23. The number of methoxy groups -OCH3 is 2. The van der Waals surface area contributed by atoms with Crippen LogP contribution in [-0.4, -0.2) is 72.7 Å². The van der Waals surface area contributed by atoms with E-state index in [-0.39, 0.29) is 17.7 Å². The molecular formula is C31H40N2O7. The number of esters is 1. The lowest BCUT2D eigenvalue weighted by Gasteiger charge is -2.32. The number of aromatic nitrogens is 1. The zero-order valence-electron chi connectivity index (χ0n) is 23.6. The molecule has 1 aliphatic heterocycles. The molecule has 40 heavy (non-hydrogen) atoms. The van der Waals surface area contributed by atoms with E-state index in [1.165, 1.54) is 10.6 Å². The Bertz CT molecular complexity index is 1270. The third kappa shape index (κ3) is 7.01. The van der Waals surface area contributed by atoms with Gasteiger partial charge >= 0.3 is 5.97 Å². The van der Waals surface area contributed by atoms with Crippen molar-refractivity contribution in [3.05, 3.63) is 59.7 Å². The molecule has 0 bridgehead atoms. The fourth-order valence-electron chi connectivity index (χ4n) is 5.22. The number of hydrogen-bond donors (Lipinski definition) is 2. The Morgan fingerprint density at radius 1 is 1.00 bits per heavy atom. The smallest absolute Gasteiger partial charge is 0.340 e. The number of aromatic hydroxyl groups is 2. The summed E-state index contributed by atoms with van der Waals surface area (Å²) < 4.78 is 23.7. The third-order valence-electron chi connectivity index (χ3n) is 7.30. The standard InChI is InChI=1S/C31H40N2O7/c1-22-19-28(34)33(30(22)35)25-13-6-5-12-24(25)31(36)40-21-23-11-10-17-32(20-23)16-7-4-8-18-39-27-15-9-14-26(37-2)29(27)38-3/h5-6,9,12-15,19,23,34-35H,4,7-8,10-11,16-18,20-21H2,1-3H3. The molecule has 216 valence electrons. The summed E-state index contributed by atoms with van der Waals surface area (Å²) in [4.78, 5) is 15.4. The summed E-state index contributed by atoms with van der Waals surface area (Å²) in [5.74, 6) is 1.52. The molecule has 0 radical (unpaired) electrons. The highest BCUT2D eigenvalue weighted by Gasteiger charge is 2.24. The van der Waals surface area contributed by atoms with Gasteiger partial charge in [-0.1, -0.05) is 18.2 Å². The zero-order valence-corrected chi connectivity index (χ0v) is 23.6. The highest BCUT2D eigenvalue weighted by atomic mass is 16.5. The number of hydrogen-bond acceptors (Lipinski definition) is 8. The number of ether oxygens (including phenoxy) is 4. The number of aryl methyl sites for hydroxylation is 1. The minimum absolute atomic E-state index is 0.104. The van der Waals surface area contributed by atoms with Crippen LogP contribution in [0.1, 0.15) is 48.0 Å². The lowest BCUT2D eigenvalue weighted by Crippen LogP contribution is -2.38. The van der Waals surface area contributed by atoms with Crippen LogP contribution in [0.5, 0.6) is 29.0 Å². The molecule has 1 aliphatic rings. The molecule has 1 fully saturated rings. The van der Waals surface area contributed by atoms with Gasteiger partial charge in [-0.2, -0.15) is 0 Å². The summed E-state index contributed by atoms with van der Waals surface area (Å²) in [6.45, 7) is 5.58. The molecule has 2 heterocycles. The van der Waals surface area contributed by atoms with E-state index in [1.807, 2.05) is 18.2 Å². The van der Waals surface area contributed by atoms with Gasteiger partial charge in [-0.15, -0.1) is 0 Å². The van der Waals surface area contributed by atoms with Crippen LogP contribution in [0.2, 0.25) is 0 Å². The number of carbonyl (C=O) groups is 1. The van der Waals surface area contributed by atoms with E-state index in [0.717, 1.165) is 51.7 Å². The largest absolute Gasteiger partial charge is 0.494 e. The quantitative estimate of drug-likeness (QED) is 0.217. The number of piperidine rings is 1. The molecule has 2 N–H and O–H groups in total. The van der Waals surface area contributed by atoms with Crippen LogP contribution in [-0.2, 0) is 4.74 Å². The van der Waals surface area contributed by atoms with Crippen LogP contribution >= 0.6 is 0 Å². The van der Waals surface area contributed by atoms with Gasteiger partial charge < -0.3 is 34.1 Å². The minimum atomic E-state index is -0.467. The summed E-state index contributed by atoms with van der Waals surface area (Å²) in [5, 5.41) is 20.7. The number of carbonyl (C=O) groups excluding carboxylic acids is 1. The van der Waals surface area contributed by atoms with Crippen molar-refractivity contribution in [3.8, 4) is 34.7 Å². The molecule has 0 aliphatic carbocycles. The summed E-state index contributed by atoms with van der Waals surface area (Å²) in [7, 11) is 3.22. The Kier molecular flexibility index (Phi) is 10.2. The molecule has 2 aromatic carbocycles. The fourth-order valence-corrected chi connectivity index (χ4v) is 5.22. The predicted octanol–water partition coefficient (Wildman–Crippen LogP) is 5.33. The Labute approximate surface area is 235 Å². The minimum Gasteiger partial charge on any atom is -0.494 e. The van der Waals surface area contributed by atoms with Gasteiger partial charge in [-0.3, -0.25) is 4.57 Å². The first-order valence-electron chi connectivity index (χ1n) is 13.9. The SMILES string of the molecule is COc1cccc(OCCCCCN2CCCC(COC(=O)c3ccccc3-n3c(O)cc(C)c3O)C2)c1OC. The van der Waals surface area contributed by atoms with E-state index in [9.17, 15) is 15.0 Å². The van der Waals surface area contributed by atoms with Crippen molar-refractivity contribution in [2.24, 2.45) is 5.92 Å². The van der Waals surface area contributed by atoms with Gasteiger partial charge in [0.1, 0.15) is 0 Å². The maximum Gasteiger partial charge on any atom is 0.340 e. The number of nitrogens with zero attached hydrogens (tertiary/aromatic N) is 2. The van der Waals surface area contributed by atoms with Crippen LogP contribution in [0.25, 0.3) is 5.69 Å². The second-order valence-corrected chi connectivity index (χ2v) is 10.2. The molecule has 3 aromatic rings. The average molecular weight is 553 g/mol. The van der Waals surface area contributed by atoms with Crippen molar-refractivity contribution in [2.75, 3.05) is 47.1 Å². The highest BCUT2D eigenvalue weighted by Crippen LogP contribution is 2.36. The van der Waals surface area contributed by atoms with Crippen molar-refractivity contribution in [2.45, 2.75) is 39.0 Å². The van der Waals surface area contributed by atoms with Gasteiger partial charge in [0.05, 0.1) is 38.7 Å². The molecule has 0 spiro atoms. The molecule has 9 nitrogen and oxygen atoms in total. The lowest BCUT2D eigenvalue weighted by molar-refractivity contribution is 0.0353. The van der Waals surface area contributed by atoms with Crippen LogP contribution in [0.15, 0.2) is 48.5 Å². The first-order valence-corrected chi connectivity index (χ1v) is 13.9. The van der Waals surface area contributed by atoms with Gasteiger partial charge in [0, 0.05) is 24.1 Å². The number of rotatable bonds is 13. The third-order valence-corrected chi connectivity index (χ3v) is 7.30. The Morgan fingerprint density at radius 3 is 2.55 bits per heavy atom. The second kappa shape index (κ2) is 14.0. The van der Waals surface area contributed by atoms with Gasteiger partial charge in [0.25, 0.3) is 0 Å². The summed E-state index contributed by atoms with van der Waals surface area (Å²) in [5.41, 5.74) is 1.20. The van der Waals surface area contributed by atoms with Crippen molar-refractivity contribution in [1.82, 2.24) is 9.47 Å². The van der Waals surface area contributed by atoms with Gasteiger partial charge in [-0.05, 0) is 76.4 Å². The van der Waals surface area contributed by atoms with Crippen LogP contribution in [0, 0.1) is 12.8 Å². The van der Waals surface area contributed by atoms with Crippen LogP contribution in [0.3, 0.4) is 0 Å². The van der Waals surface area contributed by atoms with Gasteiger partial charge in [0.15, 0.2) is 17.4 Å². The lowest BCUT2D eigenvalue weighted by atomic mass is 9.98. The molecule has 1 aromatic heterocycles. The predicted molar refractivity (Wildman–Crippen MR) is 152 cm³/mol. The molecule has 1 saturated heterocycles. The monoisotopic (exact) mass is 552 g/mol. The van der Waals surface area contributed by atoms with Crippen LogP contribution < -0.4 is 14.2 Å². The maximum absolute atomic E-state index is 13.0. The second-order valence-electron chi connectivity index (χ2n) is 10.2. The molecule has 0 saturated carbocycles. The van der Waals surface area contributed by atoms with Crippen molar-refractivity contribution >= 4 is 5.97 Å². The topological polar surface area (TPSA) is 103 Å². The molecule has 4 rings (SSSR count). The van der Waals surface area contributed by atoms with E-state index in [0.29, 0.717) is 47.3 Å². The van der Waals surface area contributed by atoms with Gasteiger partial charge in [-0.25, -0.2) is 4.79 Å².